The number of methoxy groups -OCH3 is 1. The molecule has 1 aliphatic carbocycles. The van der Waals surface area contributed by atoms with Gasteiger partial charge in [0, 0.05) is 19.1 Å². The van der Waals surface area contributed by atoms with E-state index >= 15 is 0 Å². The van der Waals surface area contributed by atoms with Crippen molar-refractivity contribution in [1.29, 1.82) is 0 Å². The van der Waals surface area contributed by atoms with Crippen LogP contribution < -0.4 is 10.5 Å². The Morgan fingerprint density at radius 3 is 2.57 bits per heavy atom. The van der Waals surface area contributed by atoms with E-state index in [4.69, 9.17) is 10.5 Å². The number of benzene rings is 1. The van der Waals surface area contributed by atoms with Crippen LogP contribution >= 0.6 is 0 Å². The van der Waals surface area contributed by atoms with E-state index in [1.807, 2.05) is 12.1 Å². The van der Waals surface area contributed by atoms with Gasteiger partial charge in [0.1, 0.15) is 5.75 Å². The van der Waals surface area contributed by atoms with E-state index in [1.54, 1.807) is 7.11 Å². The molecule has 0 aliphatic heterocycles. The van der Waals surface area contributed by atoms with Crippen molar-refractivity contribution in [2.45, 2.75) is 45.2 Å². The molecule has 2 rings (SSSR count). The van der Waals surface area contributed by atoms with Gasteiger partial charge >= 0.3 is 0 Å². The van der Waals surface area contributed by atoms with Crippen molar-refractivity contribution in [3.8, 4) is 5.75 Å². The van der Waals surface area contributed by atoms with Crippen molar-refractivity contribution in [1.82, 2.24) is 4.90 Å². The average Bonchev–Trinajstić information content (AvgIpc) is 2.50. The molecule has 1 aliphatic rings. The zero-order chi connectivity index (χ0) is 15.2. The highest BCUT2D eigenvalue weighted by molar-refractivity contribution is 5.27. The Bertz CT molecular complexity index is 418. The van der Waals surface area contributed by atoms with E-state index in [0.29, 0.717) is 12.0 Å². The number of nitrogens with two attached hydrogens (primary N) is 1. The normalized spacial score (nSPS) is 26.0. The second kappa shape index (κ2) is 7.81. The van der Waals surface area contributed by atoms with Crippen LogP contribution in [0.5, 0.6) is 5.75 Å². The molecule has 0 aromatic heterocycles. The standard InChI is InChI=1S/C18H30N2O/c1-4-14-7-10-18(19)16(11-14)13-20(2)12-15-5-8-17(21-3)9-6-15/h5-6,8-9,14,16,18H,4,7,10-13,19H2,1-3H3. The van der Waals surface area contributed by atoms with Crippen LogP contribution in [0.4, 0.5) is 0 Å². The molecule has 2 N–H and O–H groups in total. The van der Waals surface area contributed by atoms with Gasteiger partial charge in [-0.05, 0) is 55.8 Å². The third kappa shape index (κ3) is 4.72. The minimum Gasteiger partial charge on any atom is -0.497 e. The van der Waals surface area contributed by atoms with E-state index in [1.165, 1.54) is 31.2 Å². The molecule has 21 heavy (non-hydrogen) atoms. The molecule has 0 spiro atoms. The Labute approximate surface area is 129 Å². The first-order valence-corrected chi connectivity index (χ1v) is 8.19. The molecule has 1 fully saturated rings. The van der Waals surface area contributed by atoms with Crippen molar-refractivity contribution < 1.29 is 4.74 Å². The molecular formula is C18H30N2O. The largest absolute Gasteiger partial charge is 0.497 e. The Morgan fingerprint density at radius 1 is 1.24 bits per heavy atom. The van der Waals surface area contributed by atoms with Gasteiger partial charge in [-0.25, -0.2) is 0 Å². The summed E-state index contributed by atoms with van der Waals surface area (Å²) in [4.78, 5) is 2.41. The molecule has 3 heteroatoms. The minimum absolute atomic E-state index is 0.381. The van der Waals surface area contributed by atoms with Gasteiger partial charge in [-0.15, -0.1) is 0 Å². The van der Waals surface area contributed by atoms with Crippen LogP contribution in [0.1, 0.15) is 38.2 Å². The molecule has 0 amide bonds. The second-order valence-corrected chi connectivity index (χ2v) is 6.56. The van der Waals surface area contributed by atoms with Crippen LogP contribution in [0.3, 0.4) is 0 Å². The molecule has 3 atom stereocenters. The summed E-state index contributed by atoms with van der Waals surface area (Å²) in [5.74, 6) is 2.44. The molecule has 3 nitrogen and oxygen atoms in total. The summed E-state index contributed by atoms with van der Waals surface area (Å²) in [6, 6.07) is 8.73. The maximum atomic E-state index is 6.33. The van der Waals surface area contributed by atoms with Gasteiger partial charge in [0.2, 0.25) is 0 Å². The highest BCUT2D eigenvalue weighted by atomic mass is 16.5. The summed E-state index contributed by atoms with van der Waals surface area (Å²) in [5.41, 5.74) is 7.66. The number of ether oxygens (including phenoxy) is 1. The maximum absolute atomic E-state index is 6.33. The molecule has 1 aromatic carbocycles. The van der Waals surface area contributed by atoms with Crippen molar-refractivity contribution >= 4 is 0 Å². The van der Waals surface area contributed by atoms with Crippen LogP contribution in [-0.2, 0) is 6.54 Å². The molecule has 0 bridgehead atoms. The van der Waals surface area contributed by atoms with Crippen LogP contribution in [-0.4, -0.2) is 31.6 Å². The number of hydrogen-bond donors (Lipinski definition) is 1. The topological polar surface area (TPSA) is 38.5 Å². The minimum atomic E-state index is 0.381. The number of nitrogens with zero attached hydrogens (tertiary/aromatic N) is 1. The van der Waals surface area contributed by atoms with Crippen LogP contribution in [0.2, 0.25) is 0 Å². The summed E-state index contributed by atoms with van der Waals surface area (Å²) in [6.07, 6.45) is 5.10. The fourth-order valence-corrected chi connectivity index (χ4v) is 3.47. The lowest BCUT2D eigenvalue weighted by Crippen LogP contribution is -2.42. The van der Waals surface area contributed by atoms with E-state index < -0.39 is 0 Å². The highest BCUT2D eigenvalue weighted by Crippen LogP contribution is 2.31. The third-order valence-electron chi connectivity index (χ3n) is 4.88. The van der Waals surface area contributed by atoms with E-state index in [0.717, 1.165) is 24.8 Å². The molecule has 0 radical (unpaired) electrons. The molecule has 0 heterocycles. The quantitative estimate of drug-likeness (QED) is 0.874. The van der Waals surface area contributed by atoms with Gasteiger partial charge in [-0.2, -0.15) is 0 Å². The Hall–Kier alpha value is -1.06. The van der Waals surface area contributed by atoms with E-state index in [9.17, 15) is 0 Å². The van der Waals surface area contributed by atoms with Gasteiger partial charge in [0.05, 0.1) is 7.11 Å². The lowest BCUT2D eigenvalue weighted by atomic mass is 9.77. The van der Waals surface area contributed by atoms with Gasteiger partial charge in [-0.3, -0.25) is 0 Å². The first kappa shape index (κ1) is 16.3. The number of rotatable bonds is 6. The first-order valence-electron chi connectivity index (χ1n) is 8.19. The fraction of sp³-hybridized carbons (Fsp3) is 0.667. The zero-order valence-corrected chi connectivity index (χ0v) is 13.7. The number of hydrogen-bond acceptors (Lipinski definition) is 3. The fourth-order valence-electron chi connectivity index (χ4n) is 3.47. The molecule has 1 aromatic rings. The van der Waals surface area contributed by atoms with Crippen LogP contribution in [0, 0.1) is 11.8 Å². The monoisotopic (exact) mass is 290 g/mol. The average molecular weight is 290 g/mol. The van der Waals surface area contributed by atoms with Crippen molar-refractivity contribution in [2.24, 2.45) is 17.6 Å². The van der Waals surface area contributed by atoms with Gasteiger partial charge in [0.25, 0.3) is 0 Å². The van der Waals surface area contributed by atoms with Crippen molar-refractivity contribution in [3.05, 3.63) is 29.8 Å². The molecule has 0 saturated heterocycles. The smallest absolute Gasteiger partial charge is 0.118 e. The summed E-state index contributed by atoms with van der Waals surface area (Å²) in [6.45, 7) is 4.38. The Balaban J connectivity index is 1.86. The summed E-state index contributed by atoms with van der Waals surface area (Å²) in [5, 5.41) is 0. The van der Waals surface area contributed by atoms with E-state index in [-0.39, 0.29) is 0 Å². The third-order valence-corrected chi connectivity index (χ3v) is 4.88. The lowest BCUT2D eigenvalue weighted by molar-refractivity contribution is 0.168. The Morgan fingerprint density at radius 2 is 1.95 bits per heavy atom. The summed E-state index contributed by atoms with van der Waals surface area (Å²) < 4.78 is 5.20. The van der Waals surface area contributed by atoms with Crippen molar-refractivity contribution in [3.63, 3.8) is 0 Å². The Kier molecular flexibility index (Phi) is 6.07. The van der Waals surface area contributed by atoms with Gasteiger partial charge in [0.15, 0.2) is 0 Å². The van der Waals surface area contributed by atoms with Crippen LogP contribution in [0.15, 0.2) is 24.3 Å². The predicted molar refractivity (Wildman–Crippen MR) is 88.4 cm³/mol. The molecule has 3 unspecified atom stereocenters. The lowest BCUT2D eigenvalue weighted by Gasteiger charge is -2.36. The first-order chi connectivity index (χ1) is 10.1. The highest BCUT2D eigenvalue weighted by Gasteiger charge is 2.27. The van der Waals surface area contributed by atoms with Crippen LogP contribution in [0.25, 0.3) is 0 Å². The molecule has 1 saturated carbocycles. The predicted octanol–water partition coefficient (Wildman–Crippen LogP) is 3.28. The zero-order valence-electron chi connectivity index (χ0n) is 13.7. The molecular weight excluding hydrogens is 260 g/mol. The SMILES string of the molecule is CCC1CCC(N)C(CN(C)Cc2ccc(OC)cc2)C1. The summed E-state index contributed by atoms with van der Waals surface area (Å²) in [7, 11) is 3.91. The molecule has 118 valence electrons. The van der Waals surface area contributed by atoms with Gasteiger partial charge < -0.3 is 15.4 Å². The van der Waals surface area contributed by atoms with Gasteiger partial charge in [-0.1, -0.05) is 25.5 Å². The summed E-state index contributed by atoms with van der Waals surface area (Å²) >= 11 is 0. The van der Waals surface area contributed by atoms with Crippen molar-refractivity contribution in [2.75, 3.05) is 20.7 Å². The van der Waals surface area contributed by atoms with E-state index in [2.05, 4.69) is 31.0 Å². The second-order valence-electron chi connectivity index (χ2n) is 6.56. The maximum Gasteiger partial charge on any atom is 0.118 e.